The third-order valence-electron chi connectivity index (χ3n) is 4.14. The molecule has 8 heteroatoms. The Balaban J connectivity index is 1.49. The number of nitrogens with zero attached hydrogens (tertiary/aromatic N) is 3. The number of aromatic nitrogens is 2. The topological polar surface area (TPSA) is 84.6 Å². The average Bonchev–Trinajstić information content (AvgIpc) is 3.21. The molecule has 0 bridgehead atoms. The molecule has 0 fully saturated rings. The van der Waals surface area contributed by atoms with E-state index < -0.39 is 0 Å². The van der Waals surface area contributed by atoms with Gasteiger partial charge in [0.25, 0.3) is 0 Å². The van der Waals surface area contributed by atoms with E-state index in [-0.39, 0.29) is 0 Å². The molecule has 1 aromatic heterocycles. The van der Waals surface area contributed by atoms with Crippen molar-refractivity contribution in [1.82, 2.24) is 20.8 Å². The Hall–Kier alpha value is -3.06. The highest BCUT2D eigenvalue weighted by Gasteiger charge is 2.09. The van der Waals surface area contributed by atoms with E-state index in [1.165, 1.54) is 0 Å². The second-order valence-corrected chi connectivity index (χ2v) is 6.60. The maximum absolute atomic E-state index is 5.91. The summed E-state index contributed by atoms with van der Waals surface area (Å²) >= 11 is 5.91. The highest BCUT2D eigenvalue weighted by atomic mass is 35.5. The van der Waals surface area contributed by atoms with Gasteiger partial charge in [0.1, 0.15) is 5.75 Å². The Bertz CT molecular complexity index is 940. The highest BCUT2D eigenvalue weighted by Crippen LogP contribution is 2.19. The van der Waals surface area contributed by atoms with Crippen molar-refractivity contribution in [3.05, 3.63) is 65.0 Å². The van der Waals surface area contributed by atoms with Gasteiger partial charge in [-0.3, -0.25) is 4.99 Å². The first-order valence-electron chi connectivity index (χ1n) is 9.43. The first kappa shape index (κ1) is 20.7. The number of nitrogens with one attached hydrogen (secondary N) is 2. The van der Waals surface area contributed by atoms with E-state index in [9.17, 15) is 0 Å². The molecule has 0 saturated heterocycles. The van der Waals surface area contributed by atoms with Crippen LogP contribution in [0.4, 0.5) is 0 Å². The first-order valence-corrected chi connectivity index (χ1v) is 9.81. The Morgan fingerprint density at radius 2 is 1.93 bits per heavy atom. The van der Waals surface area contributed by atoms with Crippen LogP contribution >= 0.6 is 11.6 Å². The molecule has 0 atom stereocenters. The molecule has 0 aliphatic carbocycles. The maximum atomic E-state index is 5.91. The number of para-hydroxylation sites is 1. The van der Waals surface area contributed by atoms with E-state index in [0.717, 1.165) is 16.9 Å². The molecule has 0 spiro atoms. The third-order valence-corrected chi connectivity index (χ3v) is 4.40. The van der Waals surface area contributed by atoms with Crippen molar-refractivity contribution in [2.24, 2.45) is 4.99 Å². The zero-order valence-corrected chi connectivity index (χ0v) is 17.2. The molecule has 0 aliphatic rings. The highest BCUT2D eigenvalue weighted by molar-refractivity contribution is 6.30. The van der Waals surface area contributed by atoms with Crippen LogP contribution in [-0.2, 0) is 13.0 Å². The van der Waals surface area contributed by atoms with Gasteiger partial charge in [0.05, 0.1) is 6.61 Å². The van der Waals surface area contributed by atoms with Crippen molar-refractivity contribution in [2.45, 2.75) is 19.9 Å². The van der Waals surface area contributed by atoms with Crippen molar-refractivity contribution < 1.29 is 9.26 Å². The Kier molecular flexibility index (Phi) is 7.47. The fourth-order valence-electron chi connectivity index (χ4n) is 2.71. The summed E-state index contributed by atoms with van der Waals surface area (Å²) in [5.41, 5.74) is 1.93. The first-order chi connectivity index (χ1) is 14.2. The van der Waals surface area contributed by atoms with Gasteiger partial charge in [-0.05, 0) is 37.3 Å². The molecule has 3 aromatic rings. The number of halogens is 1. The van der Waals surface area contributed by atoms with E-state index in [2.05, 4.69) is 25.8 Å². The van der Waals surface area contributed by atoms with Crippen LogP contribution in [0, 0.1) is 0 Å². The van der Waals surface area contributed by atoms with Gasteiger partial charge >= 0.3 is 0 Å². The van der Waals surface area contributed by atoms with Crippen LogP contribution in [0.3, 0.4) is 0 Å². The number of benzene rings is 2. The van der Waals surface area contributed by atoms with Crippen molar-refractivity contribution >= 4 is 17.6 Å². The molecule has 0 unspecified atom stereocenters. The minimum absolute atomic E-state index is 0.548. The lowest BCUT2D eigenvalue weighted by atomic mass is 10.2. The molecule has 2 aromatic carbocycles. The smallest absolute Gasteiger partial charge is 0.228 e. The van der Waals surface area contributed by atoms with E-state index in [0.29, 0.717) is 48.8 Å². The molecule has 2 N–H and O–H groups in total. The van der Waals surface area contributed by atoms with E-state index in [4.69, 9.17) is 20.9 Å². The van der Waals surface area contributed by atoms with Crippen LogP contribution < -0.4 is 15.4 Å². The molecule has 0 aliphatic heterocycles. The lowest BCUT2D eigenvalue weighted by molar-refractivity contribution is 0.336. The molecular formula is C21H24ClN5O2. The van der Waals surface area contributed by atoms with Crippen molar-refractivity contribution in [2.75, 3.05) is 20.2 Å². The molecule has 1 heterocycles. The van der Waals surface area contributed by atoms with E-state index in [1.54, 1.807) is 19.2 Å². The molecule has 3 rings (SSSR count). The lowest BCUT2D eigenvalue weighted by Crippen LogP contribution is -2.38. The number of guanidine groups is 1. The monoisotopic (exact) mass is 413 g/mol. The second kappa shape index (κ2) is 10.5. The minimum Gasteiger partial charge on any atom is -0.494 e. The molecule has 0 amide bonds. The van der Waals surface area contributed by atoms with Crippen LogP contribution in [0.5, 0.6) is 5.75 Å². The number of rotatable bonds is 8. The van der Waals surface area contributed by atoms with Crippen LogP contribution in [0.15, 0.2) is 58.0 Å². The SMILES string of the molecule is CCOc1ccccc1CNC(=NC)NCCc1nc(-c2ccc(Cl)cc2)no1. The molecule has 152 valence electrons. The summed E-state index contributed by atoms with van der Waals surface area (Å²) in [6, 6.07) is 15.3. The summed E-state index contributed by atoms with van der Waals surface area (Å²) in [4.78, 5) is 8.67. The van der Waals surface area contributed by atoms with Gasteiger partial charge in [-0.1, -0.05) is 35.0 Å². The molecule has 29 heavy (non-hydrogen) atoms. The van der Waals surface area contributed by atoms with Crippen molar-refractivity contribution in [3.63, 3.8) is 0 Å². The summed E-state index contributed by atoms with van der Waals surface area (Å²) in [6.45, 7) is 3.82. The predicted molar refractivity (Wildman–Crippen MR) is 114 cm³/mol. The minimum atomic E-state index is 0.548. The number of hydrogen-bond acceptors (Lipinski definition) is 5. The van der Waals surface area contributed by atoms with Crippen molar-refractivity contribution in [1.29, 1.82) is 0 Å². The Labute approximate surface area is 175 Å². The van der Waals surface area contributed by atoms with Crippen LogP contribution in [-0.4, -0.2) is 36.3 Å². The fourth-order valence-corrected chi connectivity index (χ4v) is 2.83. The second-order valence-electron chi connectivity index (χ2n) is 6.16. The van der Waals surface area contributed by atoms with Gasteiger partial charge < -0.3 is 19.9 Å². The Morgan fingerprint density at radius 3 is 2.69 bits per heavy atom. The summed E-state index contributed by atoms with van der Waals surface area (Å²) < 4.78 is 11.0. The summed E-state index contributed by atoms with van der Waals surface area (Å²) in [7, 11) is 1.73. The zero-order valence-electron chi connectivity index (χ0n) is 16.5. The fraction of sp³-hybridized carbons (Fsp3) is 0.286. The zero-order chi connectivity index (χ0) is 20.5. The van der Waals surface area contributed by atoms with Crippen LogP contribution in [0.25, 0.3) is 11.4 Å². The van der Waals surface area contributed by atoms with Crippen LogP contribution in [0.1, 0.15) is 18.4 Å². The maximum Gasteiger partial charge on any atom is 0.228 e. The number of ether oxygens (including phenoxy) is 1. The van der Waals surface area contributed by atoms with Crippen molar-refractivity contribution in [3.8, 4) is 17.1 Å². The van der Waals surface area contributed by atoms with Gasteiger partial charge in [0.15, 0.2) is 5.96 Å². The van der Waals surface area contributed by atoms with Gasteiger partial charge in [0, 0.05) is 42.7 Å². The summed E-state index contributed by atoms with van der Waals surface area (Å²) in [6.07, 6.45) is 0.580. The standard InChI is InChI=1S/C21H24ClN5O2/c1-3-28-18-7-5-4-6-16(18)14-25-21(23-2)24-13-12-19-26-20(27-29-19)15-8-10-17(22)11-9-15/h4-11H,3,12-14H2,1-2H3,(H2,23,24,25). The largest absolute Gasteiger partial charge is 0.494 e. The molecule has 0 radical (unpaired) electrons. The molecular weight excluding hydrogens is 390 g/mol. The van der Waals surface area contributed by atoms with Gasteiger partial charge in [-0.15, -0.1) is 0 Å². The van der Waals surface area contributed by atoms with E-state index >= 15 is 0 Å². The molecule has 7 nitrogen and oxygen atoms in total. The molecule has 0 saturated carbocycles. The van der Waals surface area contributed by atoms with Gasteiger partial charge in [0.2, 0.25) is 11.7 Å². The summed E-state index contributed by atoms with van der Waals surface area (Å²) in [5, 5.41) is 11.2. The normalized spacial score (nSPS) is 11.3. The average molecular weight is 414 g/mol. The summed E-state index contributed by atoms with van der Waals surface area (Å²) in [5.74, 6) is 2.67. The lowest BCUT2D eigenvalue weighted by Gasteiger charge is -2.13. The van der Waals surface area contributed by atoms with Gasteiger partial charge in [-0.25, -0.2) is 0 Å². The predicted octanol–water partition coefficient (Wildman–Crippen LogP) is 3.70. The van der Waals surface area contributed by atoms with Crippen LogP contribution in [0.2, 0.25) is 5.02 Å². The van der Waals surface area contributed by atoms with E-state index in [1.807, 2.05) is 43.3 Å². The number of aliphatic imine (C=N–C) groups is 1. The van der Waals surface area contributed by atoms with Gasteiger partial charge in [-0.2, -0.15) is 4.98 Å². The quantitative estimate of drug-likeness (QED) is 0.432. The Morgan fingerprint density at radius 1 is 1.14 bits per heavy atom. The third kappa shape index (κ3) is 5.96. The number of hydrogen-bond donors (Lipinski definition) is 2.